The molecule has 126 valence electrons. The summed E-state index contributed by atoms with van der Waals surface area (Å²) < 4.78 is 7.16. The van der Waals surface area contributed by atoms with Gasteiger partial charge < -0.3 is 9.64 Å². The number of ketones is 1. The standard InChI is InChI=1S/C18H16N4O3/c1-11-18(24)21(2)15-9-12(7-8-17(15)25-11)16(23)10-22-14-6-4-3-5-13(14)19-20-22/h3-9,11H,10H2,1-2H3. The summed E-state index contributed by atoms with van der Waals surface area (Å²) in [5.41, 5.74) is 2.64. The molecule has 7 heteroatoms. The lowest BCUT2D eigenvalue weighted by Gasteiger charge is -2.30. The summed E-state index contributed by atoms with van der Waals surface area (Å²) in [5.74, 6) is 0.342. The molecular formula is C18H16N4O3. The summed E-state index contributed by atoms with van der Waals surface area (Å²) in [6.45, 7) is 1.78. The molecule has 2 heterocycles. The zero-order valence-corrected chi connectivity index (χ0v) is 13.8. The Bertz CT molecular complexity index is 995. The number of ether oxygens (including phenoxy) is 1. The molecule has 2 aromatic carbocycles. The van der Waals surface area contributed by atoms with Crippen LogP contribution >= 0.6 is 0 Å². The molecule has 1 aliphatic rings. The molecule has 4 rings (SSSR count). The van der Waals surface area contributed by atoms with Crippen LogP contribution in [0, 0.1) is 0 Å². The van der Waals surface area contributed by atoms with Gasteiger partial charge in [-0.3, -0.25) is 9.59 Å². The number of carbonyl (C=O) groups excluding carboxylic acids is 2. The van der Waals surface area contributed by atoms with E-state index in [2.05, 4.69) is 10.3 Å². The highest BCUT2D eigenvalue weighted by atomic mass is 16.5. The van der Waals surface area contributed by atoms with Gasteiger partial charge in [0.2, 0.25) is 0 Å². The fourth-order valence-corrected chi connectivity index (χ4v) is 2.95. The molecule has 0 saturated heterocycles. The lowest BCUT2D eigenvalue weighted by molar-refractivity contribution is -0.125. The van der Waals surface area contributed by atoms with Crippen molar-refractivity contribution in [2.75, 3.05) is 11.9 Å². The lowest BCUT2D eigenvalue weighted by atomic mass is 10.1. The predicted octanol–water partition coefficient (Wildman–Crippen LogP) is 2.06. The molecule has 25 heavy (non-hydrogen) atoms. The number of anilines is 1. The Hall–Kier alpha value is -3.22. The maximum atomic E-state index is 12.7. The topological polar surface area (TPSA) is 77.3 Å². The first kappa shape index (κ1) is 15.3. The van der Waals surface area contributed by atoms with Crippen LogP contribution in [0.4, 0.5) is 5.69 Å². The smallest absolute Gasteiger partial charge is 0.267 e. The number of hydrogen-bond acceptors (Lipinski definition) is 5. The third kappa shape index (κ3) is 2.53. The van der Waals surface area contributed by atoms with Crippen LogP contribution in [-0.2, 0) is 11.3 Å². The van der Waals surface area contributed by atoms with E-state index < -0.39 is 6.10 Å². The van der Waals surface area contributed by atoms with Crippen LogP contribution in [0.15, 0.2) is 42.5 Å². The van der Waals surface area contributed by atoms with Gasteiger partial charge in [0.1, 0.15) is 17.8 Å². The third-order valence-corrected chi connectivity index (χ3v) is 4.34. The van der Waals surface area contributed by atoms with Crippen molar-refractivity contribution in [3.63, 3.8) is 0 Å². The predicted molar refractivity (Wildman–Crippen MR) is 91.8 cm³/mol. The van der Waals surface area contributed by atoms with E-state index in [0.717, 1.165) is 11.0 Å². The Kier molecular flexibility index (Phi) is 3.49. The highest BCUT2D eigenvalue weighted by Crippen LogP contribution is 2.34. The summed E-state index contributed by atoms with van der Waals surface area (Å²) >= 11 is 0. The largest absolute Gasteiger partial charge is 0.479 e. The Labute approximate surface area is 143 Å². The second-order valence-electron chi connectivity index (χ2n) is 6.00. The minimum atomic E-state index is -0.527. The number of fused-ring (bicyclic) bond motifs is 2. The molecule has 1 aromatic heterocycles. The van der Waals surface area contributed by atoms with Crippen LogP contribution in [0.2, 0.25) is 0 Å². The van der Waals surface area contributed by atoms with Gasteiger partial charge in [-0.15, -0.1) is 5.10 Å². The van der Waals surface area contributed by atoms with Gasteiger partial charge in [-0.05, 0) is 37.3 Å². The molecule has 7 nitrogen and oxygen atoms in total. The molecule has 1 amide bonds. The third-order valence-electron chi connectivity index (χ3n) is 4.34. The van der Waals surface area contributed by atoms with Gasteiger partial charge in [-0.25, -0.2) is 4.68 Å². The zero-order valence-electron chi connectivity index (χ0n) is 13.8. The van der Waals surface area contributed by atoms with Gasteiger partial charge in [0.05, 0.1) is 11.2 Å². The number of carbonyl (C=O) groups is 2. The number of aromatic nitrogens is 3. The van der Waals surface area contributed by atoms with Crippen LogP contribution in [0.25, 0.3) is 11.0 Å². The monoisotopic (exact) mass is 336 g/mol. The van der Waals surface area contributed by atoms with Crippen LogP contribution in [0.5, 0.6) is 5.75 Å². The molecule has 0 spiro atoms. The van der Waals surface area contributed by atoms with E-state index >= 15 is 0 Å². The molecular weight excluding hydrogens is 320 g/mol. The van der Waals surface area contributed by atoms with Crippen molar-refractivity contribution < 1.29 is 14.3 Å². The molecule has 0 radical (unpaired) electrons. The van der Waals surface area contributed by atoms with Crippen molar-refractivity contribution in [2.24, 2.45) is 0 Å². The number of likely N-dealkylation sites (N-methyl/N-ethyl adjacent to an activating group) is 1. The SMILES string of the molecule is CC1Oc2ccc(C(=O)Cn3nnc4ccccc43)cc2N(C)C1=O. The van der Waals surface area contributed by atoms with Gasteiger partial charge in [0.25, 0.3) is 5.91 Å². The maximum absolute atomic E-state index is 12.7. The quantitative estimate of drug-likeness (QED) is 0.684. The fourth-order valence-electron chi connectivity index (χ4n) is 2.95. The Balaban J connectivity index is 1.64. The van der Waals surface area contributed by atoms with E-state index in [1.54, 1.807) is 36.9 Å². The fraction of sp³-hybridized carbons (Fsp3) is 0.222. The first-order valence-corrected chi connectivity index (χ1v) is 7.94. The molecule has 0 N–H and O–H groups in total. The van der Waals surface area contributed by atoms with Crippen LogP contribution in [0.1, 0.15) is 17.3 Å². The number of para-hydroxylation sites is 1. The Morgan fingerprint density at radius 3 is 2.88 bits per heavy atom. The number of hydrogen-bond donors (Lipinski definition) is 0. The number of Topliss-reactive ketones (excluding diaryl/α,β-unsaturated/α-hetero) is 1. The van der Waals surface area contributed by atoms with Gasteiger partial charge in [0.15, 0.2) is 11.9 Å². The highest BCUT2D eigenvalue weighted by Gasteiger charge is 2.29. The summed E-state index contributed by atoms with van der Waals surface area (Å²) in [4.78, 5) is 26.2. The average molecular weight is 336 g/mol. The number of nitrogens with zero attached hydrogens (tertiary/aromatic N) is 4. The minimum absolute atomic E-state index is 0.0776. The second-order valence-corrected chi connectivity index (χ2v) is 6.00. The molecule has 1 atom stereocenters. The van der Waals surface area contributed by atoms with E-state index in [1.165, 1.54) is 4.90 Å². The molecule has 1 unspecified atom stereocenters. The summed E-state index contributed by atoms with van der Waals surface area (Å²) in [5, 5.41) is 8.10. The van der Waals surface area contributed by atoms with Gasteiger partial charge in [0, 0.05) is 12.6 Å². The summed E-state index contributed by atoms with van der Waals surface area (Å²) in [7, 11) is 1.68. The van der Waals surface area contributed by atoms with Crippen LogP contribution in [0.3, 0.4) is 0 Å². The van der Waals surface area contributed by atoms with Gasteiger partial charge in [-0.1, -0.05) is 17.3 Å². The molecule has 0 fully saturated rings. The van der Waals surface area contributed by atoms with Crippen molar-refractivity contribution >= 4 is 28.4 Å². The molecule has 1 aliphatic heterocycles. The number of benzene rings is 2. The van der Waals surface area contributed by atoms with E-state index in [1.807, 2.05) is 24.3 Å². The normalized spacial score (nSPS) is 16.6. The van der Waals surface area contributed by atoms with E-state index in [0.29, 0.717) is 17.0 Å². The van der Waals surface area contributed by atoms with Crippen molar-refractivity contribution in [2.45, 2.75) is 19.6 Å². The number of rotatable bonds is 3. The first-order chi connectivity index (χ1) is 12.0. The maximum Gasteiger partial charge on any atom is 0.267 e. The van der Waals surface area contributed by atoms with Crippen molar-refractivity contribution in [1.29, 1.82) is 0 Å². The molecule has 0 bridgehead atoms. The van der Waals surface area contributed by atoms with Gasteiger partial charge in [-0.2, -0.15) is 0 Å². The van der Waals surface area contributed by atoms with Crippen molar-refractivity contribution in [3.05, 3.63) is 48.0 Å². The minimum Gasteiger partial charge on any atom is -0.479 e. The van der Waals surface area contributed by atoms with E-state index in [4.69, 9.17) is 4.74 Å². The van der Waals surface area contributed by atoms with Crippen LogP contribution < -0.4 is 9.64 Å². The van der Waals surface area contributed by atoms with Gasteiger partial charge >= 0.3 is 0 Å². The highest BCUT2D eigenvalue weighted by molar-refractivity contribution is 6.02. The summed E-state index contributed by atoms with van der Waals surface area (Å²) in [6, 6.07) is 12.6. The molecule has 3 aromatic rings. The first-order valence-electron chi connectivity index (χ1n) is 7.94. The molecule has 0 aliphatic carbocycles. The second kappa shape index (κ2) is 5.70. The van der Waals surface area contributed by atoms with E-state index in [9.17, 15) is 9.59 Å². The summed E-state index contributed by atoms with van der Waals surface area (Å²) in [6.07, 6.45) is -0.527. The van der Waals surface area contributed by atoms with Crippen molar-refractivity contribution in [1.82, 2.24) is 15.0 Å². The Morgan fingerprint density at radius 1 is 1.24 bits per heavy atom. The Morgan fingerprint density at radius 2 is 2.04 bits per heavy atom. The zero-order chi connectivity index (χ0) is 17.6. The lowest BCUT2D eigenvalue weighted by Crippen LogP contribution is -2.42. The van der Waals surface area contributed by atoms with Crippen molar-refractivity contribution in [3.8, 4) is 5.75 Å². The van der Waals surface area contributed by atoms with Crippen LogP contribution in [-0.4, -0.2) is 39.8 Å². The molecule has 0 saturated carbocycles. The average Bonchev–Trinajstić information content (AvgIpc) is 3.03. The number of amides is 1. The van der Waals surface area contributed by atoms with E-state index in [-0.39, 0.29) is 18.2 Å².